The average Bonchev–Trinajstić information content (AvgIpc) is 2.31. The predicted octanol–water partition coefficient (Wildman–Crippen LogP) is 4.26. The highest BCUT2D eigenvalue weighted by atomic mass is 16.4. The van der Waals surface area contributed by atoms with Crippen LogP contribution in [-0.4, -0.2) is 30.0 Å². The van der Waals surface area contributed by atoms with Crippen LogP contribution in [0.4, 0.5) is 0 Å². The van der Waals surface area contributed by atoms with Crippen molar-refractivity contribution in [1.82, 2.24) is 4.90 Å². The zero-order chi connectivity index (χ0) is 12.9. The van der Waals surface area contributed by atoms with E-state index in [0.29, 0.717) is 0 Å². The SMILES string of the molecule is CCCCCCCCCCC/C(=N/O)N(C)C. The second-order valence-electron chi connectivity index (χ2n) is 4.99. The molecule has 1 N–H and O–H groups in total. The topological polar surface area (TPSA) is 35.8 Å². The van der Waals surface area contributed by atoms with E-state index in [9.17, 15) is 0 Å². The van der Waals surface area contributed by atoms with Crippen molar-refractivity contribution in [3.05, 3.63) is 0 Å². The van der Waals surface area contributed by atoms with Crippen LogP contribution in [-0.2, 0) is 0 Å². The molecule has 0 atom stereocenters. The fourth-order valence-electron chi connectivity index (χ4n) is 1.96. The van der Waals surface area contributed by atoms with Gasteiger partial charge in [0.05, 0.1) is 0 Å². The monoisotopic (exact) mass is 242 g/mol. The summed E-state index contributed by atoms with van der Waals surface area (Å²) in [6, 6.07) is 0. The zero-order valence-electron chi connectivity index (χ0n) is 11.9. The number of oxime groups is 1. The Kier molecular flexibility index (Phi) is 11.2. The van der Waals surface area contributed by atoms with Gasteiger partial charge in [-0.2, -0.15) is 0 Å². The molecule has 0 heterocycles. The Hall–Kier alpha value is -0.730. The number of unbranched alkanes of at least 4 members (excludes halogenated alkanes) is 8. The van der Waals surface area contributed by atoms with Crippen LogP contribution in [0.3, 0.4) is 0 Å². The van der Waals surface area contributed by atoms with Gasteiger partial charge in [-0.05, 0) is 6.42 Å². The van der Waals surface area contributed by atoms with E-state index in [1.807, 2.05) is 19.0 Å². The summed E-state index contributed by atoms with van der Waals surface area (Å²) in [4.78, 5) is 1.88. The molecule has 0 aliphatic carbocycles. The first kappa shape index (κ1) is 16.3. The van der Waals surface area contributed by atoms with Gasteiger partial charge in [-0.1, -0.05) is 63.4 Å². The van der Waals surface area contributed by atoms with Gasteiger partial charge in [0.25, 0.3) is 0 Å². The molecule has 0 unspecified atom stereocenters. The summed E-state index contributed by atoms with van der Waals surface area (Å²) >= 11 is 0. The summed E-state index contributed by atoms with van der Waals surface area (Å²) < 4.78 is 0. The second kappa shape index (κ2) is 11.7. The fourth-order valence-corrected chi connectivity index (χ4v) is 1.96. The standard InChI is InChI=1S/C14H30N2O/c1-4-5-6-7-8-9-10-11-12-13-14(15-17)16(2)3/h17H,4-13H2,1-3H3/b15-14-. The number of nitrogens with zero attached hydrogens (tertiary/aromatic N) is 2. The van der Waals surface area contributed by atoms with Crippen LogP contribution in [0, 0.1) is 0 Å². The first-order valence-corrected chi connectivity index (χ1v) is 7.10. The molecule has 0 saturated heterocycles. The minimum absolute atomic E-state index is 0.785. The summed E-state index contributed by atoms with van der Waals surface area (Å²) in [6.07, 6.45) is 12.8. The summed E-state index contributed by atoms with van der Waals surface area (Å²) in [6.45, 7) is 2.26. The third-order valence-corrected chi connectivity index (χ3v) is 3.14. The van der Waals surface area contributed by atoms with Crippen molar-refractivity contribution >= 4 is 5.84 Å². The normalized spacial score (nSPS) is 11.8. The van der Waals surface area contributed by atoms with Crippen molar-refractivity contribution in [3.8, 4) is 0 Å². The van der Waals surface area contributed by atoms with Gasteiger partial charge >= 0.3 is 0 Å². The average molecular weight is 242 g/mol. The third kappa shape index (κ3) is 10.2. The van der Waals surface area contributed by atoms with Crippen LogP contribution in [0.2, 0.25) is 0 Å². The fraction of sp³-hybridized carbons (Fsp3) is 0.929. The van der Waals surface area contributed by atoms with Crippen LogP contribution in [0.15, 0.2) is 5.16 Å². The number of hydrogen-bond acceptors (Lipinski definition) is 2. The highest BCUT2D eigenvalue weighted by Crippen LogP contribution is 2.11. The van der Waals surface area contributed by atoms with Gasteiger partial charge in [0.15, 0.2) is 0 Å². The molecule has 0 rings (SSSR count). The third-order valence-electron chi connectivity index (χ3n) is 3.14. The van der Waals surface area contributed by atoms with Gasteiger partial charge in [0, 0.05) is 20.5 Å². The predicted molar refractivity (Wildman–Crippen MR) is 74.8 cm³/mol. The minimum atomic E-state index is 0.785. The maximum absolute atomic E-state index is 8.77. The van der Waals surface area contributed by atoms with Gasteiger partial charge in [-0.15, -0.1) is 0 Å². The molecule has 102 valence electrons. The molecular formula is C14H30N2O. The summed E-state index contributed by atoms with van der Waals surface area (Å²) in [5, 5.41) is 12.1. The van der Waals surface area contributed by atoms with E-state index in [0.717, 1.165) is 18.7 Å². The van der Waals surface area contributed by atoms with E-state index in [1.54, 1.807) is 0 Å². The van der Waals surface area contributed by atoms with Crippen LogP contribution < -0.4 is 0 Å². The zero-order valence-corrected chi connectivity index (χ0v) is 11.9. The molecule has 0 aromatic heterocycles. The molecule has 0 bridgehead atoms. The highest BCUT2D eigenvalue weighted by Gasteiger charge is 2.01. The molecule has 3 nitrogen and oxygen atoms in total. The maximum Gasteiger partial charge on any atom is 0.143 e. The maximum atomic E-state index is 8.77. The Balaban J connectivity index is 3.23. The van der Waals surface area contributed by atoms with Crippen molar-refractivity contribution < 1.29 is 5.21 Å². The number of rotatable bonds is 10. The van der Waals surface area contributed by atoms with Crippen LogP contribution >= 0.6 is 0 Å². The Morgan fingerprint density at radius 3 is 1.76 bits per heavy atom. The molecule has 0 aliphatic heterocycles. The molecule has 0 amide bonds. The lowest BCUT2D eigenvalue weighted by molar-refractivity contribution is 0.307. The molecule has 0 radical (unpaired) electrons. The summed E-state index contributed by atoms with van der Waals surface area (Å²) in [7, 11) is 3.84. The van der Waals surface area contributed by atoms with Crippen molar-refractivity contribution in [1.29, 1.82) is 0 Å². The molecule has 0 spiro atoms. The van der Waals surface area contributed by atoms with Crippen molar-refractivity contribution in [2.24, 2.45) is 5.16 Å². The van der Waals surface area contributed by atoms with Gasteiger partial charge in [0.2, 0.25) is 0 Å². The lowest BCUT2D eigenvalue weighted by atomic mass is 10.1. The van der Waals surface area contributed by atoms with E-state index in [1.165, 1.54) is 51.4 Å². The number of amidine groups is 1. The van der Waals surface area contributed by atoms with Crippen molar-refractivity contribution in [3.63, 3.8) is 0 Å². The van der Waals surface area contributed by atoms with Crippen LogP contribution in [0.5, 0.6) is 0 Å². The molecule has 0 fully saturated rings. The Morgan fingerprint density at radius 1 is 0.882 bits per heavy atom. The highest BCUT2D eigenvalue weighted by molar-refractivity contribution is 5.81. The van der Waals surface area contributed by atoms with Crippen LogP contribution in [0.1, 0.15) is 71.1 Å². The summed E-state index contributed by atoms with van der Waals surface area (Å²) in [5.74, 6) is 0.785. The Bertz CT molecular complexity index is 191. The van der Waals surface area contributed by atoms with E-state index >= 15 is 0 Å². The quantitative estimate of drug-likeness (QED) is 0.204. The molecule has 0 aliphatic rings. The lowest BCUT2D eigenvalue weighted by Crippen LogP contribution is -2.21. The van der Waals surface area contributed by atoms with Crippen LogP contribution in [0.25, 0.3) is 0 Å². The first-order valence-electron chi connectivity index (χ1n) is 7.10. The van der Waals surface area contributed by atoms with Gasteiger partial charge in [0.1, 0.15) is 5.84 Å². The molecule has 0 saturated carbocycles. The Labute approximate surface area is 107 Å². The molecule has 3 heteroatoms. The van der Waals surface area contributed by atoms with E-state index < -0.39 is 0 Å². The molecule has 0 aromatic carbocycles. The van der Waals surface area contributed by atoms with Crippen molar-refractivity contribution in [2.45, 2.75) is 71.1 Å². The number of hydrogen-bond donors (Lipinski definition) is 1. The molecule has 0 aromatic rings. The van der Waals surface area contributed by atoms with Crippen molar-refractivity contribution in [2.75, 3.05) is 14.1 Å². The van der Waals surface area contributed by atoms with Gasteiger partial charge in [-0.25, -0.2) is 0 Å². The lowest BCUT2D eigenvalue weighted by Gasteiger charge is -2.13. The van der Waals surface area contributed by atoms with E-state index in [2.05, 4.69) is 12.1 Å². The Morgan fingerprint density at radius 2 is 1.35 bits per heavy atom. The first-order chi connectivity index (χ1) is 8.22. The smallest absolute Gasteiger partial charge is 0.143 e. The largest absolute Gasteiger partial charge is 0.409 e. The molecule has 17 heavy (non-hydrogen) atoms. The minimum Gasteiger partial charge on any atom is -0.409 e. The van der Waals surface area contributed by atoms with E-state index in [-0.39, 0.29) is 0 Å². The van der Waals surface area contributed by atoms with Gasteiger partial charge < -0.3 is 10.1 Å². The second-order valence-corrected chi connectivity index (χ2v) is 4.99. The van der Waals surface area contributed by atoms with Gasteiger partial charge in [-0.3, -0.25) is 0 Å². The summed E-state index contributed by atoms with van der Waals surface area (Å²) in [5.41, 5.74) is 0. The molecular weight excluding hydrogens is 212 g/mol. The van der Waals surface area contributed by atoms with E-state index in [4.69, 9.17) is 5.21 Å².